The fourth-order valence-electron chi connectivity index (χ4n) is 0.971. The van der Waals surface area contributed by atoms with Crippen LogP contribution in [-0.4, -0.2) is 11.8 Å². The molecule has 0 amide bonds. The molecule has 0 aliphatic heterocycles. The van der Waals surface area contributed by atoms with Gasteiger partial charge in [0.15, 0.2) is 5.84 Å². The standard InChI is InChI=1S/C10H12N2O2/c1-7-4-3-5-9(6-7)10(11)12-14-8(2)13/h3-6H,1-2H3,(H2,11,12). The van der Waals surface area contributed by atoms with Crippen LogP contribution < -0.4 is 5.73 Å². The second-order valence-electron chi connectivity index (χ2n) is 2.93. The Labute approximate surface area is 82.4 Å². The highest BCUT2D eigenvalue weighted by atomic mass is 16.7. The first kappa shape index (κ1) is 10.2. The molecule has 1 rings (SSSR count). The molecule has 0 fully saturated rings. The first-order valence-corrected chi connectivity index (χ1v) is 4.17. The molecule has 74 valence electrons. The molecule has 14 heavy (non-hydrogen) atoms. The first-order chi connectivity index (χ1) is 6.59. The molecule has 0 unspecified atom stereocenters. The van der Waals surface area contributed by atoms with Crippen LogP contribution in [0.4, 0.5) is 0 Å². The van der Waals surface area contributed by atoms with Gasteiger partial charge >= 0.3 is 5.97 Å². The topological polar surface area (TPSA) is 64.7 Å². The lowest BCUT2D eigenvalue weighted by atomic mass is 10.1. The molecule has 0 saturated carbocycles. The van der Waals surface area contributed by atoms with Gasteiger partial charge in [-0.1, -0.05) is 28.9 Å². The highest BCUT2D eigenvalue weighted by Gasteiger charge is 1.99. The number of benzene rings is 1. The molecule has 0 aliphatic carbocycles. The van der Waals surface area contributed by atoms with Gasteiger partial charge in [-0.25, -0.2) is 4.79 Å². The van der Waals surface area contributed by atoms with E-state index >= 15 is 0 Å². The lowest BCUT2D eigenvalue weighted by Crippen LogP contribution is -2.14. The summed E-state index contributed by atoms with van der Waals surface area (Å²) in [7, 11) is 0. The van der Waals surface area contributed by atoms with Crippen LogP contribution >= 0.6 is 0 Å². The monoisotopic (exact) mass is 192 g/mol. The number of oxime groups is 1. The largest absolute Gasteiger partial charge is 0.380 e. The third-order valence-corrected chi connectivity index (χ3v) is 1.59. The summed E-state index contributed by atoms with van der Waals surface area (Å²) in [5.41, 5.74) is 7.40. The lowest BCUT2D eigenvalue weighted by molar-refractivity contribution is -0.140. The molecule has 1 aromatic rings. The number of hydrogen-bond donors (Lipinski definition) is 1. The van der Waals surface area contributed by atoms with Gasteiger partial charge in [-0.2, -0.15) is 0 Å². The average Bonchev–Trinajstić information content (AvgIpc) is 2.14. The predicted molar refractivity (Wildman–Crippen MR) is 53.7 cm³/mol. The van der Waals surface area contributed by atoms with Crippen molar-refractivity contribution < 1.29 is 9.63 Å². The van der Waals surface area contributed by atoms with Crippen molar-refractivity contribution in [2.75, 3.05) is 0 Å². The zero-order valence-corrected chi connectivity index (χ0v) is 8.15. The highest BCUT2D eigenvalue weighted by Crippen LogP contribution is 2.03. The molecule has 4 nitrogen and oxygen atoms in total. The van der Waals surface area contributed by atoms with E-state index in [9.17, 15) is 4.79 Å². The van der Waals surface area contributed by atoms with Crippen LogP contribution in [0.3, 0.4) is 0 Å². The van der Waals surface area contributed by atoms with Gasteiger partial charge in [0, 0.05) is 12.5 Å². The number of nitrogens with zero attached hydrogens (tertiary/aromatic N) is 1. The van der Waals surface area contributed by atoms with E-state index in [2.05, 4.69) is 9.99 Å². The number of aryl methyl sites for hydroxylation is 1. The second-order valence-corrected chi connectivity index (χ2v) is 2.93. The number of nitrogens with two attached hydrogens (primary N) is 1. The Bertz CT molecular complexity index is 372. The van der Waals surface area contributed by atoms with Gasteiger partial charge in [-0.05, 0) is 13.0 Å². The summed E-state index contributed by atoms with van der Waals surface area (Å²) in [6, 6.07) is 7.47. The van der Waals surface area contributed by atoms with Gasteiger partial charge in [0.25, 0.3) is 0 Å². The average molecular weight is 192 g/mol. The minimum Gasteiger partial charge on any atom is -0.380 e. The van der Waals surface area contributed by atoms with Gasteiger partial charge < -0.3 is 10.6 Å². The molecule has 0 bridgehead atoms. The second kappa shape index (κ2) is 4.41. The fourth-order valence-corrected chi connectivity index (χ4v) is 0.971. The van der Waals surface area contributed by atoms with E-state index in [0.717, 1.165) is 11.1 Å². The van der Waals surface area contributed by atoms with Crippen molar-refractivity contribution in [1.82, 2.24) is 0 Å². The zero-order chi connectivity index (χ0) is 10.6. The Morgan fingerprint density at radius 3 is 2.79 bits per heavy atom. The third-order valence-electron chi connectivity index (χ3n) is 1.59. The van der Waals surface area contributed by atoms with E-state index < -0.39 is 5.97 Å². The fraction of sp³-hybridized carbons (Fsp3) is 0.200. The number of hydrogen-bond acceptors (Lipinski definition) is 3. The van der Waals surface area contributed by atoms with Crippen molar-refractivity contribution in [2.45, 2.75) is 13.8 Å². The molecule has 0 heterocycles. The van der Waals surface area contributed by atoms with Crippen LogP contribution in [0.2, 0.25) is 0 Å². The Balaban J connectivity index is 2.83. The highest BCUT2D eigenvalue weighted by molar-refractivity contribution is 5.97. The Morgan fingerprint density at radius 1 is 1.50 bits per heavy atom. The molecule has 1 aromatic carbocycles. The van der Waals surface area contributed by atoms with Crippen molar-refractivity contribution in [3.05, 3.63) is 35.4 Å². The number of carbonyl (C=O) groups is 1. The normalized spacial score (nSPS) is 11.1. The summed E-state index contributed by atoms with van der Waals surface area (Å²) in [5, 5.41) is 3.48. The molecule has 4 heteroatoms. The Kier molecular flexibility index (Phi) is 3.23. The van der Waals surface area contributed by atoms with Crippen LogP contribution in [0.15, 0.2) is 29.4 Å². The van der Waals surface area contributed by atoms with E-state index in [1.165, 1.54) is 6.92 Å². The van der Waals surface area contributed by atoms with Crippen molar-refractivity contribution >= 4 is 11.8 Å². The molecule has 0 aliphatic rings. The molecule has 0 spiro atoms. The van der Waals surface area contributed by atoms with Crippen LogP contribution in [0.25, 0.3) is 0 Å². The summed E-state index contributed by atoms with van der Waals surface area (Å²) in [4.78, 5) is 14.9. The SMILES string of the molecule is CC(=O)O/N=C(/N)c1cccc(C)c1. The van der Waals surface area contributed by atoms with Crippen molar-refractivity contribution in [1.29, 1.82) is 0 Å². The van der Waals surface area contributed by atoms with E-state index in [4.69, 9.17) is 5.73 Å². The minimum absolute atomic E-state index is 0.198. The van der Waals surface area contributed by atoms with Gasteiger partial charge in [0.05, 0.1) is 0 Å². The number of rotatable bonds is 2. The van der Waals surface area contributed by atoms with Gasteiger partial charge in [0.1, 0.15) is 0 Å². The van der Waals surface area contributed by atoms with Crippen LogP contribution in [0, 0.1) is 6.92 Å². The summed E-state index contributed by atoms with van der Waals surface area (Å²) < 4.78 is 0. The number of amidine groups is 1. The quantitative estimate of drug-likeness (QED) is 0.331. The van der Waals surface area contributed by atoms with Crippen molar-refractivity contribution in [3.63, 3.8) is 0 Å². The summed E-state index contributed by atoms with van der Waals surface area (Å²) in [5.74, 6) is -0.287. The van der Waals surface area contributed by atoms with Gasteiger partial charge in [0.2, 0.25) is 0 Å². The molecule has 0 saturated heterocycles. The van der Waals surface area contributed by atoms with Gasteiger partial charge in [-0.15, -0.1) is 0 Å². The molecule has 0 atom stereocenters. The summed E-state index contributed by atoms with van der Waals surface area (Å²) in [6.07, 6.45) is 0. The summed E-state index contributed by atoms with van der Waals surface area (Å²) in [6.45, 7) is 3.22. The maximum Gasteiger partial charge on any atom is 0.332 e. The van der Waals surface area contributed by atoms with E-state index in [1.807, 2.05) is 25.1 Å². The van der Waals surface area contributed by atoms with E-state index in [0.29, 0.717) is 0 Å². The maximum absolute atomic E-state index is 10.5. The van der Waals surface area contributed by atoms with Gasteiger partial charge in [-0.3, -0.25) is 0 Å². The van der Waals surface area contributed by atoms with E-state index in [1.54, 1.807) is 6.07 Å². The molecule has 0 radical (unpaired) electrons. The Morgan fingerprint density at radius 2 is 2.21 bits per heavy atom. The van der Waals surface area contributed by atoms with Crippen molar-refractivity contribution in [2.24, 2.45) is 10.9 Å². The predicted octanol–water partition coefficient (Wildman–Crippen LogP) is 1.18. The minimum atomic E-state index is -0.486. The van der Waals surface area contributed by atoms with E-state index in [-0.39, 0.29) is 5.84 Å². The van der Waals surface area contributed by atoms with Crippen LogP contribution in [0.5, 0.6) is 0 Å². The van der Waals surface area contributed by atoms with Crippen LogP contribution in [-0.2, 0) is 9.63 Å². The molecular formula is C10H12N2O2. The van der Waals surface area contributed by atoms with Crippen molar-refractivity contribution in [3.8, 4) is 0 Å². The zero-order valence-electron chi connectivity index (χ0n) is 8.15. The number of carbonyl (C=O) groups excluding carboxylic acids is 1. The van der Waals surface area contributed by atoms with Crippen LogP contribution in [0.1, 0.15) is 18.1 Å². The molecule has 2 N–H and O–H groups in total. The molecule has 0 aromatic heterocycles. The smallest absolute Gasteiger partial charge is 0.332 e. The third kappa shape index (κ3) is 2.90. The molecular weight excluding hydrogens is 180 g/mol. The summed E-state index contributed by atoms with van der Waals surface area (Å²) >= 11 is 0. The maximum atomic E-state index is 10.5. The first-order valence-electron chi connectivity index (χ1n) is 4.17. The lowest BCUT2D eigenvalue weighted by Gasteiger charge is -2.00. The Hall–Kier alpha value is -1.84.